The standard InChI is InChI=1S/C8H15NO2/c1-4-6-7(3)8(10)11-9-5-2/h6,9H,4-5H2,1-3H3. The zero-order valence-corrected chi connectivity index (χ0v) is 7.31. The fraction of sp³-hybridized carbons (Fsp3) is 0.625. The minimum absolute atomic E-state index is 0.297. The summed E-state index contributed by atoms with van der Waals surface area (Å²) in [5.74, 6) is -0.297. The van der Waals surface area contributed by atoms with Crippen LogP contribution in [0.3, 0.4) is 0 Å². The maximum Gasteiger partial charge on any atom is 0.352 e. The summed E-state index contributed by atoms with van der Waals surface area (Å²) in [6.45, 7) is 6.21. The van der Waals surface area contributed by atoms with Crippen LogP contribution in [0, 0.1) is 0 Å². The molecule has 0 heterocycles. The predicted molar refractivity (Wildman–Crippen MR) is 43.8 cm³/mol. The fourth-order valence-electron chi connectivity index (χ4n) is 0.608. The molecule has 0 saturated carbocycles. The molecule has 0 aromatic rings. The molecule has 64 valence electrons. The Morgan fingerprint density at radius 2 is 2.18 bits per heavy atom. The van der Waals surface area contributed by atoms with Gasteiger partial charge in [0.25, 0.3) is 0 Å². The maximum absolute atomic E-state index is 10.9. The van der Waals surface area contributed by atoms with E-state index in [1.165, 1.54) is 0 Å². The van der Waals surface area contributed by atoms with Crippen LogP contribution in [0.15, 0.2) is 11.6 Å². The van der Waals surface area contributed by atoms with Gasteiger partial charge in [0, 0.05) is 12.1 Å². The number of hydrogen-bond acceptors (Lipinski definition) is 3. The summed E-state index contributed by atoms with van der Waals surface area (Å²) < 4.78 is 0. The van der Waals surface area contributed by atoms with Gasteiger partial charge in [-0.1, -0.05) is 13.0 Å². The Morgan fingerprint density at radius 1 is 1.55 bits per heavy atom. The van der Waals surface area contributed by atoms with Crippen LogP contribution in [-0.4, -0.2) is 12.5 Å². The van der Waals surface area contributed by atoms with Gasteiger partial charge in [-0.3, -0.25) is 0 Å². The lowest BCUT2D eigenvalue weighted by Crippen LogP contribution is -2.19. The summed E-state index contributed by atoms with van der Waals surface area (Å²) in [5.41, 5.74) is 3.14. The zero-order valence-electron chi connectivity index (χ0n) is 7.31. The predicted octanol–water partition coefficient (Wildman–Crippen LogP) is 1.41. The van der Waals surface area contributed by atoms with Crippen molar-refractivity contribution in [2.45, 2.75) is 27.2 Å². The Hall–Kier alpha value is -0.830. The Morgan fingerprint density at radius 3 is 2.64 bits per heavy atom. The van der Waals surface area contributed by atoms with Crippen molar-refractivity contribution in [3.8, 4) is 0 Å². The number of hydroxylamine groups is 1. The molecule has 0 aromatic heterocycles. The SMILES string of the molecule is CCC=C(C)C(=O)ONCC. The molecule has 0 aliphatic carbocycles. The summed E-state index contributed by atoms with van der Waals surface area (Å²) in [6.07, 6.45) is 2.69. The van der Waals surface area contributed by atoms with E-state index in [9.17, 15) is 4.79 Å². The molecule has 1 N–H and O–H groups in total. The number of rotatable bonds is 4. The molecule has 3 nitrogen and oxygen atoms in total. The molecule has 3 heteroatoms. The lowest BCUT2D eigenvalue weighted by molar-refractivity contribution is -0.145. The van der Waals surface area contributed by atoms with Gasteiger partial charge in [0.15, 0.2) is 0 Å². The quantitative estimate of drug-likeness (QED) is 0.495. The molecule has 0 bridgehead atoms. The average molecular weight is 157 g/mol. The molecule has 0 unspecified atom stereocenters. The second-order valence-electron chi connectivity index (χ2n) is 2.18. The van der Waals surface area contributed by atoms with Crippen molar-refractivity contribution in [2.75, 3.05) is 6.54 Å². The van der Waals surface area contributed by atoms with Crippen LogP contribution in [-0.2, 0) is 9.63 Å². The molecule has 0 amide bonds. The number of carbonyl (C=O) groups is 1. The van der Waals surface area contributed by atoms with Crippen LogP contribution < -0.4 is 5.48 Å². The Bertz CT molecular complexity index is 152. The monoisotopic (exact) mass is 157 g/mol. The van der Waals surface area contributed by atoms with Crippen molar-refractivity contribution >= 4 is 5.97 Å². The van der Waals surface area contributed by atoms with Gasteiger partial charge in [0.1, 0.15) is 0 Å². The van der Waals surface area contributed by atoms with Gasteiger partial charge in [-0.25, -0.2) is 4.79 Å². The first-order chi connectivity index (χ1) is 5.22. The summed E-state index contributed by atoms with van der Waals surface area (Å²) in [7, 11) is 0. The van der Waals surface area contributed by atoms with Crippen LogP contribution in [0.5, 0.6) is 0 Å². The smallest absolute Gasteiger partial charge is 0.352 e. The van der Waals surface area contributed by atoms with Crippen LogP contribution in [0.1, 0.15) is 27.2 Å². The van der Waals surface area contributed by atoms with Crippen molar-refractivity contribution in [1.82, 2.24) is 5.48 Å². The molecule has 0 spiro atoms. The first-order valence-corrected chi connectivity index (χ1v) is 3.83. The Balaban J connectivity index is 3.73. The largest absolute Gasteiger partial charge is 0.367 e. The number of allylic oxidation sites excluding steroid dienone is 1. The van der Waals surface area contributed by atoms with Gasteiger partial charge in [0.05, 0.1) is 0 Å². The van der Waals surface area contributed by atoms with Crippen molar-refractivity contribution in [3.05, 3.63) is 11.6 Å². The van der Waals surface area contributed by atoms with E-state index in [2.05, 4.69) is 10.3 Å². The van der Waals surface area contributed by atoms with E-state index in [-0.39, 0.29) is 5.97 Å². The lowest BCUT2D eigenvalue weighted by atomic mass is 10.2. The van der Waals surface area contributed by atoms with Crippen molar-refractivity contribution in [3.63, 3.8) is 0 Å². The van der Waals surface area contributed by atoms with Crippen LogP contribution >= 0.6 is 0 Å². The van der Waals surface area contributed by atoms with E-state index in [1.54, 1.807) is 6.92 Å². The van der Waals surface area contributed by atoms with Gasteiger partial charge in [-0.05, 0) is 20.3 Å². The number of hydrogen-bond donors (Lipinski definition) is 1. The third-order valence-electron chi connectivity index (χ3n) is 1.14. The first-order valence-electron chi connectivity index (χ1n) is 3.83. The van der Waals surface area contributed by atoms with Crippen molar-refractivity contribution in [1.29, 1.82) is 0 Å². The highest BCUT2D eigenvalue weighted by Crippen LogP contribution is 1.96. The first kappa shape index (κ1) is 10.2. The molecular weight excluding hydrogens is 142 g/mol. The lowest BCUT2D eigenvalue weighted by Gasteiger charge is -2.02. The highest BCUT2D eigenvalue weighted by Gasteiger charge is 2.02. The molecular formula is C8H15NO2. The van der Waals surface area contributed by atoms with Gasteiger partial charge < -0.3 is 4.84 Å². The van der Waals surface area contributed by atoms with Gasteiger partial charge in [0.2, 0.25) is 0 Å². The molecule has 11 heavy (non-hydrogen) atoms. The summed E-state index contributed by atoms with van der Waals surface area (Å²) in [5, 5.41) is 0. The second-order valence-corrected chi connectivity index (χ2v) is 2.18. The average Bonchev–Trinajstić information content (AvgIpc) is 2.00. The third kappa shape index (κ3) is 4.56. The number of nitrogens with one attached hydrogen (secondary N) is 1. The summed E-state index contributed by atoms with van der Waals surface area (Å²) in [4.78, 5) is 15.6. The molecule has 0 aliphatic rings. The molecule has 0 aromatic carbocycles. The summed E-state index contributed by atoms with van der Waals surface area (Å²) in [6, 6.07) is 0. The summed E-state index contributed by atoms with van der Waals surface area (Å²) >= 11 is 0. The molecule has 0 radical (unpaired) electrons. The van der Waals surface area contributed by atoms with Gasteiger partial charge in [-0.15, -0.1) is 0 Å². The molecule has 0 saturated heterocycles. The number of carbonyl (C=O) groups excluding carboxylic acids is 1. The molecule has 0 rings (SSSR count). The van der Waals surface area contributed by atoms with E-state index in [0.717, 1.165) is 6.42 Å². The fourth-order valence-corrected chi connectivity index (χ4v) is 0.608. The highest BCUT2D eigenvalue weighted by atomic mass is 16.7. The van der Waals surface area contributed by atoms with E-state index < -0.39 is 0 Å². The Labute approximate surface area is 67.4 Å². The van der Waals surface area contributed by atoms with E-state index >= 15 is 0 Å². The van der Waals surface area contributed by atoms with E-state index in [1.807, 2.05) is 19.9 Å². The Kier molecular flexibility index (Phi) is 5.47. The normalized spacial score (nSPS) is 11.4. The molecule has 0 atom stereocenters. The highest BCUT2D eigenvalue weighted by molar-refractivity contribution is 5.87. The van der Waals surface area contributed by atoms with Crippen LogP contribution in [0.4, 0.5) is 0 Å². The van der Waals surface area contributed by atoms with E-state index in [4.69, 9.17) is 0 Å². The van der Waals surface area contributed by atoms with Crippen molar-refractivity contribution in [2.24, 2.45) is 0 Å². The second kappa shape index (κ2) is 5.92. The van der Waals surface area contributed by atoms with Crippen molar-refractivity contribution < 1.29 is 9.63 Å². The minimum atomic E-state index is -0.297. The maximum atomic E-state index is 10.9. The zero-order chi connectivity index (χ0) is 8.69. The van der Waals surface area contributed by atoms with Crippen LogP contribution in [0.25, 0.3) is 0 Å². The molecule has 0 aliphatic heterocycles. The third-order valence-corrected chi connectivity index (χ3v) is 1.14. The topological polar surface area (TPSA) is 38.3 Å². The van der Waals surface area contributed by atoms with Gasteiger partial charge in [-0.2, -0.15) is 5.48 Å². The van der Waals surface area contributed by atoms with Gasteiger partial charge >= 0.3 is 5.97 Å². The minimum Gasteiger partial charge on any atom is -0.367 e. The van der Waals surface area contributed by atoms with Crippen LogP contribution in [0.2, 0.25) is 0 Å². The molecule has 0 fully saturated rings. The van der Waals surface area contributed by atoms with E-state index in [0.29, 0.717) is 12.1 Å².